The van der Waals surface area contributed by atoms with Crippen molar-refractivity contribution in [3.05, 3.63) is 27.7 Å². The van der Waals surface area contributed by atoms with E-state index in [2.05, 4.69) is 19.2 Å². The Hall–Kier alpha value is -1.54. The molecule has 7 nitrogen and oxygen atoms in total. The van der Waals surface area contributed by atoms with Crippen LogP contribution in [0, 0.1) is 6.92 Å². The number of nitrogens with one attached hydrogen (secondary N) is 1. The number of benzene rings is 1. The molecular formula is C16H23Cl2NO6. The molecule has 1 aromatic carbocycles. The number of aliphatic carboxylic acids is 2. The zero-order valence-electron chi connectivity index (χ0n) is 14.3. The van der Waals surface area contributed by atoms with Crippen molar-refractivity contribution in [2.24, 2.45) is 0 Å². The summed E-state index contributed by atoms with van der Waals surface area (Å²) < 4.78 is 11.0. The number of ether oxygens (including phenoxy) is 2. The first-order valence-corrected chi connectivity index (χ1v) is 8.26. The monoisotopic (exact) mass is 395 g/mol. The van der Waals surface area contributed by atoms with Gasteiger partial charge in [-0.2, -0.15) is 0 Å². The summed E-state index contributed by atoms with van der Waals surface area (Å²) in [5.74, 6) is -3.12. The third kappa shape index (κ3) is 11.6. The molecule has 142 valence electrons. The lowest BCUT2D eigenvalue weighted by Gasteiger charge is -2.12. The minimum absolute atomic E-state index is 0.435. The van der Waals surface area contributed by atoms with Crippen LogP contribution in [0.3, 0.4) is 0 Å². The summed E-state index contributed by atoms with van der Waals surface area (Å²) in [7, 11) is 0. The summed E-state index contributed by atoms with van der Waals surface area (Å²) >= 11 is 12.1. The molecule has 0 atom stereocenters. The summed E-state index contributed by atoms with van der Waals surface area (Å²) in [5, 5.41) is 19.1. The third-order valence-corrected chi connectivity index (χ3v) is 3.16. The fourth-order valence-electron chi connectivity index (χ4n) is 1.55. The van der Waals surface area contributed by atoms with Crippen LogP contribution in [0.2, 0.25) is 10.0 Å². The van der Waals surface area contributed by atoms with Crippen molar-refractivity contribution in [1.29, 1.82) is 0 Å². The van der Waals surface area contributed by atoms with Crippen molar-refractivity contribution in [2.75, 3.05) is 26.4 Å². The second kappa shape index (κ2) is 12.8. The highest BCUT2D eigenvalue weighted by atomic mass is 35.5. The standard InChI is InChI=1S/C14H21Cl2NO2.C2H2O4/c1-10(2)17-4-5-18-6-7-19-14-12(15)8-11(3)9-13(14)16;3-1(4)2(5)6/h8-10,17H,4-7H2,1-3H3;(H,3,4)(H,5,6). The quantitative estimate of drug-likeness (QED) is 0.458. The normalized spacial score (nSPS) is 10.2. The van der Waals surface area contributed by atoms with Gasteiger partial charge in [-0.05, 0) is 24.6 Å². The van der Waals surface area contributed by atoms with E-state index in [1.165, 1.54) is 0 Å². The van der Waals surface area contributed by atoms with Crippen molar-refractivity contribution < 1.29 is 29.3 Å². The van der Waals surface area contributed by atoms with Gasteiger partial charge in [0, 0.05) is 12.6 Å². The first-order chi connectivity index (χ1) is 11.6. The molecular weight excluding hydrogens is 373 g/mol. The molecule has 0 saturated carbocycles. The van der Waals surface area contributed by atoms with E-state index >= 15 is 0 Å². The van der Waals surface area contributed by atoms with E-state index < -0.39 is 11.9 Å². The Morgan fingerprint density at radius 1 is 1.08 bits per heavy atom. The number of aryl methyl sites for hydroxylation is 1. The van der Waals surface area contributed by atoms with Crippen LogP contribution in [0.15, 0.2) is 12.1 Å². The van der Waals surface area contributed by atoms with Gasteiger partial charge in [-0.15, -0.1) is 0 Å². The minimum atomic E-state index is -1.82. The molecule has 9 heteroatoms. The van der Waals surface area contributed by atoms with Gasteiger partial charge in [-0.25, -0.2) is 9.59 Å². The summed E-state index contributed by atoms with van der Waals surface area (Å²) in [4.78, 5) is 18.2. The molecule has 0 heterocycles. The lowest BCUT2D eigenvalue weighted by atomic mass is 10.2. The SMILES string of the molecule is Cc1cc(Cl)c(OCCOCCNC(C)C)c(Cl)c1.O=C(O)C(=O)O. The van der Waals surface area contributed by atoms with E-state index in [4.69, 9.17) is 52.5 Å². The van der Waals surface area contributed by atoms with Gasteiger partial charge >= 0.3 is 11.9 Å². The van der Waals surface area contributed by atoms with Crippen LogP contribution in [0.4, 0.5) is 0 Å². The zero-order chi connectivity index (χ0) is 19.4. The number of halogens is 2. The largest absolute Gasteiger partial charge is 0.488 e. The van der Waals surface area contributed by atoms with E-state index in [1.807, 2.05) is 19.1 Å². The van der Waals surface area contributed by atoms with Gasteiger partial charge in [0.15, 0.2) is 5.75 Å². The molecule has 0 saturated heterocycles. The lowest BCUT2D eigenvalue weighted by Crippen LogP contribution is -2.27. The van der Waals surface area contributed by atoms with Gasteiger partial charge in [0.25, 0.3) is 0 Å². The van der Waals surface area contributed by atoms with Crippen molar-refractivity contribution in [3.8, 4) is 5.75 Å². The predicted molar refractivity (Wildman–Crippen MR) is 95.9 cm³/mol. The summed E-state index contributed by atoms with van der Waals surface area (Å²) in [5.41, 5.74) is 1.01. The number of rotatable bonds is 8. The molecule has 1 rings (SSSR count). The van der Waals surface area contributed by atoms with Crippen LogP contribution >= 0.6 is 23.2 Å². The Bertz CT molecular complexity index is 531. The van der Waals surface area contributed by atoms with E-state index in [0.717, 1.165) is 12.1 Å². The fraction of sp³-hybridized carbons (Fsp3) is 0.500. The Labute approximate surface area is 156 Å². The number of hydrogen-bond acceptors (Lipinski definition) is 5. The molecule has 0 unspecified atom stereocenters. The molecule has 3 N–H and O–H groups in total. The van der Waals surface area contributed by atoms with E-state index in [1.54, 1.807) is 0 Å². The highest BCUT2D eigenvalue weighted by Crippen LogP contribution is 2.33. The van der Waals surface area contributed by atoms with Gasteiger partial charge in [0.1, 0.15) is 6.61 Å². The van der Waals surface area contributed by atoms with Gasteiger partial charge in [-0.3, -0.25) is 0 Å². The minimum Gasteiger partial charge on any atom is -0.488 e. The Kier molecular flexibility index (Phi) is 12.0. The second-order valence-electron chi connectivity index (χ2n) is 5.24. The topological polar surface area (TPSA) is 105 Å². The summed E-state index contributed by atoms with van der Waals surface area (Å²) in [6, 6.07) is 4.14. The molecule has 0 amide bonds. The molecule has 25 heavy (non-hydrogen) atoms. The number of carboxylic acid groups (broad SMARTS) is 2. The van der Waals surface area contributed by atoms with Gasteiger partial charge in [-0.1, -0.05) is 37.0 Å². The third-order valence-electron chi connectivity index (χ3n) is 2.60. The average Bonchev–Trinajstić information content (AvgIpc) is 2.48. The second-order valence-corrected chi connectivity index (χ2v) is 6.05. The van der Waals surface area contributed by atoms with Crippen molar-refractivity contribution in [1.82, 2.24) is 5.32 Å². The first kappa shape index (κ1) is 23.5. The van der Waals surface area contributed by atoms with Crippen LogP contribution in [0.25, 0.3) is 0 Å². The number of hydrogen-bond donors (Lipinski definition) is 3. The van der Waals surface area contributed by atoms with Gasteiger partial charge < -0.3 is 25.0 Å². The maximum absolute atomic E-state index is 9.10. The highest BCUT2D eigenvalue weighted by Gasteiger charge is 2.08. The fourth-order valence-corrected chi connectivity index (χ4v) is 2.25. The Morgan fingerprint density at radius 3 is 2.04 bits per heavy atom. The lowest BCUT2D eigenvalue weighted by molar-refractivity contribution is -0.159. The van der Waals surface area contributed by atoms with E-state index in [-0.39, 0.29) is 0 Å². The van der Waals surface area contributed by atoms with Crippen LogP contribution in [-0.2, 0) is 14.3 Å². The van der Waals surface area contributed by atoms with Crippen molar-refractivity contribution in [3.63, 3.8) is 0 Å². The maximum Gasteiger partial charge on any atom is 0.414 e. The average molecular weight is 396 g/mol. The van der Waals surface area contributed by atoms with E-state index in [9.17, 15) is 0 Å². The molecule has 0 aliphatic rings. The number of carbonyl (C=O) groups is 2. The first-order valence-electron chi connectivity index (χ1n) is 7.51. The Balaban J connectivity index is 0.000000823. The van der Waals surface area contributed by atoms with Crippen molar-refractivity contribution in [2.45, 2.75) is 26.8 Å². The molecule has 0 fully saturated rings. The van der Waals surface area contributed by atoms with Crippen LogP contribution < -0.4 is 10.1 Å². The van der Waals surface area contributed by atoms with E-state index in [0.29, 0.717) is 41.7 Å². The van der Waals surface area contributed by atoms with Crippen LogP contribution in [0.1, 0.15) is 19.4 Å². The molecule has 0 aliphatic carbocycles. The smallest absolute Gasteiger partial charge is 0.414 e. The summed E-state index contributed by atoms with van der Waals surface area (Å²) in [6.45, 7) is 8.59. The highest BCUT2D eigenvalue weighted by molar-refractivity contribution is 6.37. The zero-order valence-corrected chi connectivity index (χ0v) is 15.9. The predicted octanol–water partition coefficient (Wildman–Crippen LogP) is 2.85. The molecule has 0 radical (unpaired) electrons. The summed E-state index contributed by atoms with van der Waals surface area (Å²) in [6.07, 6.45) is 0. The number of carboxylic acids is 2. The molecule has 0 spiro atoms. The van der Waals surface area contributed by atoms with Crippen molar-refractivity contribution >= 4 is 35.1 Å². The van der Waals surface area contributed by atoms with Gasteiger partial charge in [0.2, 0.25) is 0 Å². The molecule has 1 aromatic rings. The molecule has 0 aromatic heterocycles. The van der Waals surface area contributed by atoms with Crippen LogP contribution in [-0.4, -0.2) is 54.6 Å². The van der Waals surface area contributed by atoms with Crippen LogP contribution in [0.5, 0.6) is 5.75 Å². The maximum atomic E-state index is 9.10. The van der Waals surface area contributed by atoms with Gasteiger partial charge in [0.05, 0.1) is 23.3 Å². The molecule has 0 aliphatic heterocycles. The Morgan fingerprint density at radius 2 is 1.60 bits per heavy atom. The molecule has 0 bridgehead atoms.